The van der Waals surface area contributed by atoms with Crippen molar-refractivity contribution in [2.24, 2.45) is 4.99 Å². The van der Waals surface area contributed by atoms with Crippen molar-refractivity contribution < 1.29 is 14.3 Å². The third kappa shape index (κ3) is 3.06. The molecular formula is C23H16N2O3S. The molecule has 29 heavy (non-hydrogen) atoms. The highest BCUT2D eigenvalue weighted by atomic mass is 32.1. The van der Waals surface area contributed by atoms with Crippen LogP contribution < -0.4 is 14.3 Å². The van der Waals surface area contributed by atoms with E-state index in [-0.39, 0.29) is 12.5 Å². The number of amides is 1. The van der Waals surface area contributed by atoms with Crippen LogP contribution in [0.4, 0.5) is 0 Å². The van der Waals surface area contributed by atoms with Crippen LogP contribution in [-0.2, 0) is 11.3 Å². The average molecular weight is 400 g/mol. The number of carbonyl (C=O) groups excluding carboxylic acids is 1. The molecule has 4 aromatic rings. The second kappa shape index (κ2) is 7.12. The van der Waals surface area contributed by atoms with Gasteiger partial charge in [-0.2, -0.15) is 4.99 Å². The Labute approximate surface area is 170 Å². The van der Waals surface area contributed by atoms with Gasteiger partial charge in [-0.1, -0.05) is 59.7 Å². The van der Waals surface area contributed by atoms with Crippen LogP contribution in [0.1, 0.15) is 0 Å². The van der Waals surface area contributed by atoms with Crippen molar-refractivity contribution >= 4 is 38.2 Å². The maximum absolute atomic E-state index is 12.8. The predicted molar refractivity (Wildman–Crippen MR) is 113 cm³/mol. The number of terminal acetylenes is 1. The van der Waals surface area contributed by atoms with Crippen molar-refractivity contribution in [1.82, 2.24) is 4.57 Å². The molecule has 5 nitrogen and oxygen atoms in total. The number of aromatic nitrogens is 1. The Morgan fingerprint density at radius 1 is 1.14 bits per heavy atom. The molecule has 0 saturated heterocycles. The highest BCUT2D eigenvalue weighted by Crippen LogP contribution is 2.31. The zero-order valence-electron chi connectivity index (χ0n) is 15.4. The molecule has 3 aromatic carbocycles. The summed E-state index contributed by atoms with van der Waals surface area (Å²) in [6.07, 6.45) is 4.80. The number of carbonyl (C=O) groups is 1. The van der Waals surface area contributed by atoms with Crippen LogP contribution in [0.5, 0.6) is 11.5 Å². The standard InChI is InChI=1S/C23H16N2O3S/c1-2-13-25-17-12-11-15-7-3-4-8-16(15)21(17)29-23(25)24-22(26)20-14-27-18-9-5-6-10-19(18)28-20/h1,3-12,20H,13-14H2. The first-order chi connectivity index (χ1) is 14.2. The van der Waals surface area contributed by atoms with E-state index in [1.165, 1.54) is 11.3 Å². The van der Waals surface area contributed by atoms with Crippen molar-refractivity contribution in [3.05, 3.63) is 65.5 Å². The fraction of sp³-hybridized carbons (Fsp3) is 0.130. The van der Waals surface area contributed by atoms with Crippen LogP contribution in [0, 0.1) is 12.3 Å². The maximum Gasteiger partial charge on any atom is 0.292 e. The molecule has 0 fully saturated rings. The summed E-state index contributed by atoms with van der Waals surface area (Å²) in [5.74, 6) is 3.45. The molecule has 1 aliphatic rings. The number of nitrogens with zero attached hydrogens (tertiary/aromatic N) is 2. The lowest BCUT2D eigenvalue weighted by Crippen LogP contribution is -2.36. The third-order valence-corrected chi connectivity index (χ3v) is 5.94. The first kappa shape index (κ1) is 17.5. The molecule has 5 rings (SSSR count). The normalized spacial score (nSPS) is 16.1. The van der Waals surface area contributed by atoms with Gasteiger partial charge in [0.15, 0.2) is 16.3 Å². The summed E-state index contributed by atoms with van der Waals surface area (Å²) >= 11 is 1.45. The van der Waals surface area contributed by atoms with Crippen molar-refractivity contribution in [2.45, 2.75) is 12.6 Å². The molecule has 0 saturated carbocycles. The van der Waals surface area contributed by atoms with Gasteiger partial charge in [0.2, 0.25) is 6.10 Å². The zero-order valence-corrected chi connectivity index (χ0v) is 16.2. The van der Waals surface area contributed by atoms with Crippen LogP contribution in [0.2, 0.25) is 0 Å². The Balaban J connectivity index is 1.59. The number of benzene rings is 3. The van der Waals surface area contributed by atoms with Crippen molar-refractivity contribution in [3.63, 3.8) is 0 Å². The molecule has 1 atom stereocenters. The van der Waals surface area contributed by atoms with Gasteiger partial charge in [0.05, 0.1) is 16.8 Å². The molecule has 6 heteroatoms. The molecular weight excluding hydrogens is 384 g/mol. The minimum atomic E-state index is -0.786. The van der Waals surface area contributed by atoms with Crippen molar-refractivity contribution in [1.29, 1.82) is 0 Å². The Bertz CT molecular complexity index is 1360. The Morgan fingerprint density at radius 3 is 2.79 bits per heavy atom. The van der Waals surface area contributed by atoms with Gasteiger partial charge in [0.25, 0.3) is 5.91 Å². The zero-order chi connectivity index (χ0) is 19.8. The van der Waals surface area contributed by atoms with E-state index in [1.807, 2.05) is 41.0 Å². The minimum absolute atomic E-state index is 0.127. The number of fused-ring (bicyclic) bond motifs is 4. The molecule has 0 radical (unpaired) electrons. The molecule has 2 heterocycles. The third-order valence-electron chi connectivity index (χ3n) is 4.81. The minimum Gasteiger partial charge on any atom is -0.485 e. The molecule has 0 N–H and O–H groups in total. The first-order valence-electron chi connectivity index (χ1n) is 9.16. The number of para-hydroxylation sites is 2. The highest BCUT2D eigenvalue weighted by molar-refractivity contribution is 7.17. The number of thiazole rings is 1. The van der Waals surface area contributed by atoms with Crippen molar-refractivity contribution in [3.8, 4) is 23.8 Å². The van der Waals surface area contributed by atoms with E-state index in [0.717, 1.165) is 21.0 Å². The lowest BCUT2D eigenvalue weighted by atomic mass is 10.1. The topological polar surface area (TPSA) is 52.8 Å². The van der Waals surface area contributed by atoms with Gasteiger partial charge in [-0.05, 0) is 23.6 Å². The summed E-state index contributed by atoms with van der Waals surface area (Å²) in [6, 6.07) is 19.5. The molecule has 0 bridgehead atoms. The smallest absolute Gasteiger partial charge is 0.292 e. The summed E-state index contributed by atoms with van der Waals surface area (Å²) in [4.78, 5) is 17.8. The molecule has 1 aliphatic heterocycles. The van der Waals surface area contributed by atoms with Gasteiger partial charge in [-0.25, -0.2) is 0 Å². The molecule has 142 valence electrons. The molecule has 1 aromatic heterocycles. The Kier molecular flexibility index (Phi) is 4.30. The van der Waals surface area contributed by atoms with Gasteiger partial charge in [0.1, 0.15) is 6.61 Å². The van der Waals surface area contributed by atoms with E-state index in [4.69, 9.17) is 15.9 Å². The SMILES string of the molecule is C#CCn1c(=NC(=O)C2COc3ccccc3O2)sc2c3ccccc3ccc21. The summed E-state index contributed by atoms with van der Waals surface area (Å²) < 4.78 is 14.4. The Morgan fingerprint density at radius 2 is 1.93 bits per heavy atom. The van der Waals surface area contributed by atoms with Gasteiger partial charge >= 0.3 is 0 Å². The van der Waals surface area contributed by atoms with Crippen LogP contribution >= 0.6 is 11.3 Å². The van der Waals surface area contributed by atoms with E-state index in [0.29, 0.717) is 22.8 Å². The van der Waals surface area contributed by atoms with E-state index in [9.17, 15) is 4.79 Å². The largest absolute Gasteiger partial charge is 0.485 e. The molecule has 0 aliphatic carbocycles. The van der Waals surface area contributed by atoms with Crippen LogP contribution in [-0.4, -0.2) is 23.2 Å². The molecule has 0 spiro atoms. The molecule has 1 unspecified atom stereocenters. The van der Waals surface area contributed by atoms with E-state index < -0.39 is 6.10 Å². The number of ether oxygens (including phenoxy) is 2. The Hall–Kier alpha value is -3.56. The lowest BCUT2D eigenvalue weighted by Gasteiger charge is -2.23. The summed E-state index contributed by atoms with van der Waals surface area (Å²) in [5, 5.41) is 2.24. The molecule has 1 amide bonds. The van der Waals surface area contributed by atoms with Gasteiger partial charge < -0.3 is 14.0 Å². The van der Waals surface area contributed by atoms with Gasteiger partial charge in [0, 0.05) is 5.39 Å². The second-order valence-corrected chi connectivity index (χ2v) is 7.60. The van der Waals surface area contributed by atoms with Crippen LogP contribution in [0.25, 0.3) is 21.0 Å². The van der Waals surface area contributed by atoms with Gasteiger partial charge in [-0.15, -0.1) is 6.42 Å². The van der Waals surface area contributed by atoms with Gasteiger partial charge in [-0.3, -0.25) is 4.79 Å². The summed E-state index contributed by atoms with van der Waals surface area (Å²) in [5.41, 5.74) is 0.962. The quantitative estimate of drug-likeness (QED) is 0.482. The highest BCUT2D eigenvalue weighted by Gasteiger charge is 2.27. The predicted octanol–water partition coefficient (Wildman–Crippen LogP) is 3.76. The fourth-order valence-corrected chi connectivity index (χ4v) is 4.61. The number of hydrogen-bond donors (Lipinski definition) is 0. The van der Waals surface area contributed by atoms with Crippen LogP contribution in [0.3, 0.4) is 0 Å². The number of rotatable bonds is 2. The summed E-state index contributed by atoms with van der Waals surface area (Å²) in [7, 11) is 0. The van der Waals surface area contributed by atoms with Crippen LogP contribution in [0.15, 0.2) is 65.7 Å². The first-order valence-corrected chi connectivity index (χ1v) is 9.98. The van der Waals surface area contributed by atoms with E-state index in [1.54, 1.807) is 6.07 Å². The summed E-state index contributed by atoms with van der Waals surface area (Å²) in [6.45, 7) is 0.456. The van der Waals surface area contributed by atoms with E-state index >= 15 is 0 Å². The van der Waals surface area contributed by atoms with Crippen molar-refractivity contribution in [2.75, 3.05) is 6.61 Å². The lowest BCUT2D eigenvalue weighted by molar-refractivity contribution is -0.127. The number of hydrogen-bond acceptors (Lipinski definition) is 4. The monoisotopic (exact) mass is 400 g/mol. The maximum atomic E-state index is 12.8. The second-order valence-electron chi connectivity index (χ2n) is 6.62. The fourth-order valence-electron chi connectivity index (χ4n) is 3.44. The average Bonchev–Trinajstić information content (AvgIpc) is 3.11. The van der Waals surface area contributed by atoms with E-state index in [2.05, 4.69) is 29.1 Å².